The van der Waals surface area contributed by atoms with Crippen molar-refractivity contribution in [1.29, 1.82) is 0 Å². The first-order chi connectivity index (χ1) is 12.8. The lowest BCUT2D eigenvalue weighted by Gasteiger charge is -2.14. The molecule has 1 fully saturated rings. The van der Waals surface area contributed by atoms with Crippen molar-refractivity contribution in [2.24, 2.45) is 0 Å². The minimum Gasteiger partial charge on any atom is -0.337 e. The molecule has 0 unspecified atom stereocenters. The molecule has 1 atom stereocenters. The number of hydrogen-bond donors (Lipinski definition) is 0. The number of carbonyl (C=O) groups is 1. The monoisotopic (exact) mass is 344 g/mol. The van der Waals surface area contributed by atoms with E-state index in [0.29, 0.717) is 6.54 Å². The van der Waals surface area contributed by atoms with Crippen molar-refractivity contribution in [3.05, 3.63) is 78.5 Å². The fourth-order valence-corrected chi connectivity index (χ4v) is 3.19. The van der Waals surface area contributed by atoms with E-state index >= 15 is 0 Å². The summed E-state index contributed by atoms with van der Waals surface area (Å²) in [5.74, 6) is 0.0414. The second-order valence-corrected chi connectivity index (χ2v) is 6.42. The molecular weight excluding hydrogens is 324 g/mol. The van der Waals surface area contributed by atoms with Gasteiger partial charge in [0, 0.05) is 24.7 Å². The van der Waals surface area contributed by atoms with Crippen LogP contribution in [0.25, 0.3) is 17.3 Å². The zero-order valence-corrected chi connectivity index (χ0v) is 14.4. The van der Waals surface area contributed by atoms with Crippen LogP contribution in [-0.2, 0) is 4.79 Å². The molecule has 1 aliphatic rings. The molecule has 1 amide bonds. The highest BCUT2D eigenvalue weighted by Gasteiger charge is 2.27. The smallest absolute Gasteiger partial charge is 0.246 e. The maximum Gasteiger partial charge on any atom is 0.246 e. The molecule has 130 valence electrons. The zero-order valence-electron chi connectivity index (χ0n) is 14.4. The highest BCUT2D eigenvalue weighted by molar-refractivity contribution is 5.91. The lowest BCUT2D eigenvalue weighted by Crippen LogP contribution is -2.27. The molecule has 0 saturated carbocycles. The molecule has 3 aromatic rings. The Morgan fingerprint density at radius 3 is 2.54 bits per heavy atom. The van der Waals surface area contributed by atoms with Crippen LogP contribution in [-0.4, -0.2) is 38.9 Å². The topological polar surface area (TPSA) is 51.0 Å². The first-order valence-corrected chi connectivity index (χ1v) is 8.79. The number of aromatic nitrogens is 3. The molecule has 5 heteroatoms. The molecular formula is C21H20N4O. The standard InChI is InChI=1S/C21H20N4O/c26-21(12-11-17-7-3-1-4-8-17)24-14-13-19(15-24)25-16-20(22-23-25)18-9-5-2-6-10-18/h1-12,16,19H,13-15H2/b12-11+/t19-/m0/s1. The third-order valence-electron chi connectivity index (χ3n) is 4.65. The summed E-state index contributed by atoms with van der Waals surface area (Å²) in [4.78, 5) is 14.3. The van der Waals surface area contributed by atoms with E-state index in [0.717, 1.165) is 29.8 Å². The quantitative estimate of drug-likeness (QED) is 0.681. The summed E-state index contributed by atoms with van der Waals surface area (Å²) in [5.41, 5.74) is 2.94. The van der Waals surface area contributed by atoms with E-state index < -0.39 is 0 Å². The Bertz CT molecular complexity index is 902. The number of hydrogen-bond acceptors (Lipinski definition) is 3. The van der Waals surface area contributed by atoms with Crippen molar-refractivity contribution in [3.8, 4) is 11.3 Å². The van der Waals surface area contributed by atoms with Gasteiger partial charge in [-0.25, -0.2) is 4.68 Å². The maximum atomic E-state index is 12.4. The normalized spacial score (nSPS) is 17.1. The molecule has 1 aliphatic heterocycles. The molecule has 0 N–H and O–H groups in total. The molecule has 26 heavy (non-hydrogen) atoms. The van der Waals surface area contributed by atoms with Crippen molar-refractivity contribution in [2.45, 2.75) is 12.5 Å². The van der Waals surface area contributed by atoms with Crippen LogP contribution < -0.4 is 0 Å². The lowest BCUT2D eigenvalue weighted by molar-refractivity contribution is -0.125. The van der Waals surface area contributed by atoms with Crippen LogP contribution in [0.15, 0.2) is 72.9 Å². The third kappa shape index (κ3) is 3.57. The number of likely N-dealkylation sites (tertiary alicyclic amines) is 1. The van der Waals surface area contributed by atoms with Gasteiger partial charge in [-0.15, -0.1) is 5.10 Å². The molecule has 0 bridgehead atoms. The van der Waals surface area contributed by atoms with E-state index in [9.17, 15) is 4.79 Å². The SMILES string of the molecule is O=C(/C=C/c1ccccc1)N1CC[C@H](n2cc(-c3ccccc3)nn2)C1. The first-order valence-electron chi connectivity index (χ1n) is 8.79. The molecule has 1 aromatic heterocycles. The summed E-state index contributed by atoms with van der Waals surface area (Å²) in [7, 11) is 0. The number of benzene rings is 2. The van der Waals surface area contributed by atoms with Gasteiger partial charge in [0.15, 0.2) is 0 Å². The van der Waals surface area contributed by atoms with E-state index in [1.165, 1.54) is 0 Å². The van der Waals surface area contributed by atoms with Crippen LogP contribution >= 0.6 is 0 Å². The molecule has 5 nitrogen and oxygen atoms in total. The predicted molar refractivity (Wildman–Crippen MR) is 101 cm³/mol. The fraction of sp³-hybridized carbons (Fsp3) is 0.190. The van der Waals surface area contributed by atoms with Crippen molar-refractivity contribution in [3.63, 3.8) is 0 Å². The number of carbonyl (C=O) groups excluding carboxylic acids is 1. The van der Waals surface area contributed by atoms with E-state index in [4.69, 9.17) is 0 Å². The molecule has 0 aliphatic carbocycles. The van der Waals surface area contributed by atoms with Gasteiger partial charge in [-0.3, -0.25) is 4.79 Å². The Balaban J connectivity index is 1.40. The summed E-state index contributed by atoms with van der Waals surface area (Å²) in [6, 6.07) is 20.0. The van der Waals surface area contributed by atoms with Gasteiger partial charge in [-0.05, 0) is 18.1 Å². The van der Waals surface area contributed by atoms with Crippen molar-refractivity contribution in [1.82, 2.24) is 19.9 Å². The highest BCUT2D eigenvalue weighted by atomic mass is 16.2. The van der Waals surface area contributed by atoms with Gasteiger partial charge in [0.05, 0.1) is 12.2 Å². The van der Waals surface area contributed by atoms with Gasteiger partial charge >= 0.3 is 0 Å². The highest BCUT2D eigenvalue weighted by Crippen LogP contribution is 2.23. The summed E-state index contributed by atoms with van der Waals surface area (Å²) in [6.45, 7) is 1.40. The molecule has 4 rings (SSSR count). The van der Waals surface area contributed by atoms with Crippen molar-refractivity contribution in [2.75, 3.05) is 13.1 Å². The van der Waals surface area contributed by atoms with Gasteiger partial charge in [0.2, 0.25) is 5.91 Å². The summed E-state index contributed by atoms with van der Waals surface area (Å²) in [5, 5.41) is 8.55. The van der Waals surface area contributed by atoms with Gasteiger partial charge in [-0.1, -0.05) is 65.9 Å². The number of nitrogens with zero attached hydrogens (tertiary/aromatic N) is 4. The number of amides is 1. The molecule has 0 spiro atoms. The minimum absolute atomic E-state index is 0.0414. The predicted octanol–water partition coefficient (Wildman–Crippen LogP) is 3.43. The van der Waals surface area contributed by atoms with Crippen LogP contribution in [0.3, 0.4) is 0 Å². The minimum atomic E-state index is 0.0414. The van der Waals surface area contributed by atoms with Gasteiger partial charge < -0.3 is 4.90 Å². The number of rotatable bonds is 4. The van der Waals surface area contributed by atoms with Crippen LogP contribution in [0, 0.1) is 0 Å². The fourth-order valence-electron chi connectivity index (χ4n) is 3.19. The Labute approximate surface area is 152 Å². The maximum absolute atomic E-state index is 12.4. The average Bonchev–Trinajstić information content (AvgIpc) is 3.37. The summed E-state index contributed by atoms with van der Waals surface area (Å²) < 4.78 is 1.89. The second-order valence-electron chi connectivity index (χ2n) is 6.42. The average molecular weight is 344 g/mol. The Kier molecular flexibility index (Phi) is 4.60. The Hall–Kier alpha value is -3.21. The van der Waals surface area contributed by atoms with Crippen LogP contribution in [0.1, 0.15) is 18.0 Å². The van der Waals surface area contributed by atoms with Crippen LogP contribution in [0.5, 0.6) is 0 Å². The van der Waals surface area contributed by atoms with Crippen molar-refractivity contribution >= 4 is 12.0 Å². The second kappa shape index (κ2) is 7.35. The van der Waals surface area contributed by atoms with E-state index in [1.54, 1.807) is 6.08 Å². The summed E-state index contributed by atoms with van der Waals surface area (Å²) in [6.07, 6.45) is 6.36. The van der Waals surface area contributed by atoms with E-state index in [2.05, 4.69) is 10.3 Å². The zero-order chi connectivity index (χ0) is 17.8. The first kappa shape index (κ1) is 16.3. The largest absolute Gasteiger partial charge is 0.337 e. The molecule has 1 saturated heterocycles. The van der Waals surface area contributed by atoms with Gasteiger partial charge in [-0.2, -0.15) is 0 Å². The van der Waals surface area contributed by atoms with Crippen LogP contribution in [0.2, 0.25) is 0 Å². The van der Waals surface area contributed by atoms with Gasteiger partial charge in [0.1, 0.15) is 5.69 Å². The Morgan fingerprint density at radius 2 is 1.77 bits per heavy atom. The van der Waals surface area contributed by atoms with Crippen molar-refractivity contribution < 1.29 is 4.79 Å². The summed E-state index contributed by atoms with van der Waals surface area (Å²) >= 11 is 0. The van der Waals surface area contributed by atoms with Crippen LogP contribution in [0.4, 0.5) is 0 Å². The van der Waals surface area contributed by atoms with Gasteiger partial charge in [0.25, 0.3) is 0 Å². The van der Waals surface area contributed by atoms with E-state index in [1.807, 2.05) is 82.5 Å². The molecule has 2 aromatic carbocycles. The third-order valence-corrected chi connectivity index (χ3v) is 4.65. The Morgan fingerprint density at radius 1 is 1.04 bits per heavy atom. The van der Waals surface area contributed by atoms with E-state index in [-0.39, 0.29) is 11.9 Å². The lowest BCUT2D eigenvalue weighted by atomic mass is 10.2. The molecule has 0 radical (unpaired) electrons. The molecule has 2 heterocycles.